The first-order valence-electron chi connectivity index (χ1n) is 5.79. The van der Waals surface area contributed by atoms with Crippen molar-refractivity contribution in [3.05, 3.63) is 30.1 Å². The van der Waals surface area contributed by atoms with E-state index in [1.165, 1.54) is 0 Å². The molecule has 1 unspecified atom stereocenters. The summed E-state index contributed by atoms with van der Waals surface area (Å²) >= 11 is 1.58. The molecule has 1 heterocycles. The number of amides is 1. The van der Waals surface area contributed by atoms with E-state index in [1.807, 2.05) is 50.1 Å². The third kappa shape index (κ3) is 4.04. The van der Waals surface area contributed by atoms with Crippen molar-refractivity contribution in [2.75, 3.05) is 6.26 Å². The number of hydrogen-bond donors (Lipinski definition) is 0. The van der Waals surface area contributed by atoms with E-state index in [-0.39, 0.29) is 17.2 Å². The van der Waals surface area contributed by atoms with Crippen molar-refractivity contribution < 1.29 is 4.79 Å². The van der Waals surface area contributed by atoms with Gasteiger partial charge in [-0.25, -0.2) is 0 Å². The van der Waals surface area contributed by atoms with Crippen molar-refractivity contribution in [1.82, 2.24) is 9.88 Å². The van der Waals surface area contributed by atoms with Crippen molar-refractivity contribution >= 4 is 17.7 Å². The number of rotatable bonds is 5. The lowest BCUT2D eigenvalue weighted by Crippen LogP contribution is -2.40. The molecule has 1 aromatic rings. The highest BCUT2D eigenvalue weighted by atomic mass is 32.2. The van der Waals surface area contributed by atoms with Crippen molar-refractivity contribution in [3.63, 3.8) is 0 Å². The first kappa shape index (κ1) is 14.0. The van der Waals surface area contributed by atoms with Crippen LogP contribution in [0, 0.1) is 0 Å². The molecule has 1 amide bonds. The molecule has 1 aromatic heterocycles. The summed E-state index contributed by atoms with van der Waals surface area (Å²) in [4.78, 5) is 18.3. The predicted octanol–water partition coefficient (Wildman–Crippen LogP) is 2.57. The molecule has 1 rings (SSSR count). The molecule has 0 fully saturated rings. The number of carbonyl (C=O) groups excluding carboxylic acids is 1. The minimum atomic E-state index is 0.00103. The highest BCUT2D eigenvalue weighted by molar-refractivity contribution is 7.99. The van der Waals surface area contributed by atoms with Crippen molar-refractivity contribution in [2.24, 2.45) is 0 Å². The van der Waals surface area contributed by atoms with E-state index in [9.17, 15) is 4.79 Å². The molecule has 0 aliphatic carbocycles. The Kier molecular flexibility index (Phi) is 5.48. The van der Waals surface area contributed by atoms with Gasteiger partial charge >= 0.3 is 0 Å². The first-order chi connectivity index (χ1) is 8.06. The van der Waals surface area contributed by atoms with Gasteiger partial charge in [-0.2, -0.15) is 11.8 Å². The summed E-state index contributed by atoms with van der Waals surface area (Å²) in [5, 5.41) is 0.00103. The number of pyridine rings is 1. The van der Waals surface area contributed by atoms with Gasteiger partial charge in [0, 0.05) is 12.2 Å². The fourth-order valence-electron chi connectivity index (χ4n) is 1.52. The largest absolute Gasteiger partial charge is 0.333 e. The second-order valence-electron chi connectivity index (χ2n) is 4.26. The van der Waals surface area contributed by atoms with Crippen LogP contribution >= 0.6 is 11.8 Å². The molecule has 94 valence electrons. The average molecular weight is 252 g/mol. The van der Waals surface area contributed by atoms with Crippen molar-refractivity contribution in [1.29, 1.82) is 0 Å². The fourth-order valence-corrected chi connectivity index (χ4v) is 1.85. The Morgan fingerprint density at radius 2 is 2.12 bits per heavy atom. The SMILES string of the molecule is CSC(C)C(=O)N(Cc1ccccn1)C(C)C. The fraction of sp³-hybridized carbons (Fsp3) is 0.538. The smallest absolute Gasteiger partial charge is 0.235 e. The quantitative estimate of drug-likeness (QED) is 0.807. The van der Waals surface area contributed by atoms with Crippen LogP contribution < -0.4 is 0 Å². The normalized spacial score (nSPS) is 12.5. The zero-order valence-electron chi connectivity index (χ0n) is 10.9. The number of hydrogen-bond acceptors (Lipinski definition) is 3. The van der Waals surface area contributed by atoms with Gasteiger partial charge < -0.3 is 4.90 Å². The number of carbonyl (C=O) groups is 1. The Bertz CT molecular complexity index is 354. The van der Waals surface area contributed by atoms with E-state index in [1.54, 1.807) is 18.0 Å². The summed E-state index contributed by atoms with van der Waals surface area (Å²) in [6, 6.07) is 5.98. The minimum absolute atomic E-state index is 0.00103. The van der Waals surface area contributed by atoms with Crippen molar-refractivity contribution in [2.45, 2.75) is 38.6 Å². The molecule has 0 aliphatic rings. The number of nitrogens with zero attached hydrogens (tertiary/aromatic N) is 2. The maximum Gasteiger partial charge on any atom is 0.235 e. The standard InChI is InChI=1S/C13H20N2OS/c1-10(2)15(13(16)11(3)17-4)9-12-7-5-6-8-14-12/h5-8,10-11H,9H2,1-4H3. The molecule has 1 atom stereocenters. The lowest BCUT2D eigenvalue weighted by molar-refractivity contribution is -0.132. The van der Waals surface area contributed by atoms with Gasteiger partial charge in [0.05, 0.1) is 17.5 Å². The van der Waals surface area contributed by atoms with Gasteiger partial charge in [0.1, 0.15) is 0 Å². The summed E-state index contributed by atoms with van der Waals surface area (Å²) in [6.45, 7) is 6.60. The second kappa shape index (κ2) is 6.64. The van der Waals surface area contributed by atoms with Gasteiger partial charge in [0.2, 0.25) is 5.91 Å². The number of thioether (sulfide) groups is 1. The van der Waals surface area contributed by atoms with Crippen LogP contribution in [0.5, 0.6) is 0 Å². The van der Waals surface area contributed by atoms with E-state index in [0.717, 1.165) is 5.69 Å². The molecular formula is C13H20N2OS. The van der Waals surface area contributed by atoms with E-state index in [4.69, 9.17) is 0 Å². The molecule has 0 aliphatic heterocycles. The van der Waals surface area contributed by atoms with Crippen molar-refractivity contribution in [3.8, 4) is 0 Å². The molecule has 0 bridgehead atoms. The van der Waals surface area contributed by atoms with E-state index in [2.05, 4.69) is 4.98 Å². The Labute approximate surface area is 108 Å². The van der Waals surface area contributed by atoms with E-state index < -0.39 is 0 Å². The lowest BCUT2D eigenvalue weighted by atomic mass is 10.2. The molecule has 17 heavy (non-hydrogen) atoms. The van der Waals surface area contributed by atoms with Crippen LogP contribution in [-0.4, -0.2) is 33.3 Å². The molecule has 0 aromatic carbocycles. The van der Waals surface area contributed by atoms with Crippen LogP contribution in [0.1, 0.15) is 26.5 Å². The van der Waals surface area contributed by atoms with Crippen LogP contribution in [-0.2, 0) is 11.3 Å². The summed E-state index contributed by atoms with van der Waals surface area (Å²) in [5.74, 6) is 0.179. The zero-order valence-corrected chi connectivity index (χ0v) is 11.7. The van der Waals surface area contributed by atoms with Gasteiger partial charge in [-0.3, -0.25) is 9.78 Å². The van der Waals surface area contributed by atoms with Crippen LogP contribution in [0.3, 0.4) is 0 Å². The van der Waals surface area contributed by atoms with Gasteiger partial charge in [0.15, 0.2) is 0 Å². The molecule has 0 spiro atoms. The molecule has 3 nitrogen and oxygen atoms in total. The maximum atomic E-state index is 12.2. The summed E-state index contributed by atoms with van der Waals surface area (Å²) < 4.78 is 0. The summed E-state index contributed by atoms with van der Waals surface area (Å²) in [6.07, 6.45) is 3.72. The van der Waals surface area contributed by atoms with Crippen LogP contribution in [0.15, 0.2) is 24.4 Å². The maximum absolute atomic E-state index is 12.2. The predicted molar refractivity (Wildman–Crippen MR) is 72.9 cm³/mol. The van der Waals surface area contributed by atoms with Gasteiger partial charge in [-0.1, -0.05) is 6.07 Å². The first-order valence-corrected chi connectivity index (χ1v) is 7.08. The Morgan fingerprint density at radius 3 is 2.59 bits per heavy atom. The molecule has 0 saturated heterocycles. The third-order valence-electron chi connectivity index (χ3n) is 2.67. The van der Waals surface area contributed by atoms with E-state index >= 15 is 0 Å². The highest BCUT2D eigenvalue weighted by Crippen LogP contribution is 2.14. The minimum Gasteiger partial charge on any atom is -0.333 e. The summed E-state index contributed by atoms with van der Waals surface area (Å²) in [7, 11) is 0. The lowest BCUT2D eigenvalue weighted by Gasteiger charge is -2.28. The monoisotopic (exact) mass is 252 g/mol. The third-order valence-corrected chi connectivity index (χ3v) is 3.57. The molecule has 0 radical (unpaired) electrons. The van der Waals surface area contributed by atoms with Crippen LogP contribution in [0.4, 0.5) is 0 Å². The van der Waals surface area contributed by atoms with Crippen LogP contribution in [0.25, 0.3) is 0 Å². The number of aromatic nitrogens is 1. The van der Waals surface area contributed by atoms with Gasteiger partial charge in [0.25, 0.3) is 0 Å². The summed E-state index contributed by atoms with van der Waals surface area (Å²) in [5.41, 5.74) is 0.933. The molecule has 0 N–H and O–H groups in total. The molecule has 0 saturated carbocycles. The molecular weight excluding hydrogens is 232 g/mol. The Morgan fingerprint density at radius 1 is 1.41 bits per heavy atom. The average Bonchev–Trinajstić information content (AvgIpc) is 2.35. The van der Waals surface area contributed by atoms with Gasteiger partial charge in [-0.05, 0) is 39.2 Å². The Hall–Kier alpha value is -1.03. The van der Waals surface area contributed by atoms with E-state index in [0.29, 0.717) is 6.54 Å². The highest BCUT2D eigenvalue weighted by Gasteiger charge is 2.22. The Balaban J connectivity index is 2.77. The van der Waals surface area contributed by atoms with Crippen LogP contribution in [0.2, 0.25) is 0 Å². The van der Waals surface area contributed by atoms with Gasteiger partial charge in [-0.15, -0.1) is 0 Å². The second-order valence-corrected chi connectivity index (χ2v) is 5.44. The molecule has 4 heteroatoms. The zero-order chi connectivity index (χ0) is 12.8. The topological polar surface area (TPSA) is 33.2 Å².